The minimum atomic E-state index is -4.55. The molecule has 0 spiro atoms. The van der Waals surface area contributed by atoms with Crippen LogP contribution in [0, 0.1) is 0 Å². The van der Waals surface area contributed by atoms with E-state index in [-0.39, 0.29) is 31.7 Å². The summed E-state index contributed by atoms with van der Waals surface area (Å²) in [5.41, 5.74) is -1.05. The zero-order chi connectivity index (χ0) is 17.3. The molecule has 9 heteroatoms. The van der Waals surface area contributed by atoms with Gasteiger partial charge in [-0.1, -0.05) is 6.07 Å². The molecule has 1 aromatic rings. The lowest BCUT2D eigenvalue weighted by Crippen LogP contribution is -2.50. The molecule has 2 rings (SSSR count). The van der Waals surface area contributed by atoms with Gasteiger partial charge in [0.05, 0.1) is 12.1 Å². The van der Waals surface area contributed by atoms with Gasteiger partial charge in [0.25, 0.3) is 5.91 Å². The number of hydrogen-bond acceptors (Lipinski definition) is 2. The van der Waals surface area contributed by atoms with Gasteiger partial charge in [-0.15, -0.1) is 0 Å². The van der Waals surface area contributed by atoms with Gasteiger partial charge in [-0.25, -0.2) is 0 Å². The van der Waals surface area contributed by atoms with Crippen LogP contribution in [0.3, 0.4) is 0 Å². The summed E-state index contributed by atoms with van der Waals surface area (Å²) >= 11 is 0. The monoisotopic (exact) mass is 340 g/mol. The number of benzene rings is 1. The Morgan fingerprint density at radius 3 is 2.13 bits per heavy atom. The van der Waals surface area contributed by atoms with Crippen LogP contribution in [-0.4, -0.2) is 54.6 Å². The van der Waals surface area contributed by atoms with E-state index in [0.717, 1.165) is 23.1 Å². The molecule has 23 heavy (non-hydrogen) atoms. The number of alkyl halides is 6. The second-order valence-corrected chi connectivity index (χ2v) is 5.26. The van der Waals surface area contributed by atoms with E-state index in [2.05, 4.69) is 0 Å². The highest BCUT2D eigenvalue weighted by molar-refractivity contribution is 5.94. The Hall–Kier alpha value is -1.77. The zero-order valence-electron chi connectivity index (χ0n) is 11.9. The Morgan fingerprint density at radius 1 is 1.00 bits per heavy atom. The van der Waals surface area contributed by atoms with Gasteiger partial charge >= 0.3 is 12.4 Å². The molecule has 0 unspecified atom stereocenters. The molecule has 128 valence electrons. The molecule has 1 amide bonds. The molecule has 3 nitrogen and oxygen atoms in total. The van der Waals surface area contributed by atoms with Crippen molar-refractivity contribution in [3.63, 3.8) is 0 Å². The maximum absolute atomic E-state index is 12.6. The number of amides is 1. The van der Waals surface area contributed by atoms with E-state index in [1.54, 1.807) is 0 Å². The Balaban J connectivity index is 2.00. The van der Waals surface area contributed by atoms with E-state index in [9.17, 15) is 31.1 Å². The first-order chi connectivity index (χ1) is 10.6. The quantitative estimate of drug-likeness (QED) is 0.773. The third-order valence-electron chi connectivity index (χ3n) is 3.50. The summed E-state index contributed by atoms with van der Waals surface area (Å²) in [7, 11) is 0. The molecule has 0 saturated carbocycles. The molecule has 0 N–H and O–H groups in total. The Kier molecular flexibility index (Phi) is 4.88. The highest BCUT2D eigenvalue weighted by atomic mass is 19.4. The highest BCUT2D eigenvalue weighted by Crippen LogP contribution is 2.29. The van der Waals surface area contributed by atoms with Crippen LogP contribution in [0.15, 0.2) is 24.3 Å². The number of halogens is 6. The maximum atomic E-state index is 12.6. The van der Waals surface area contributed by atoms with Crippen LogP contribution in [0.4, 0.5) is 26.3 Å². The second-order valence-electron chi connectivity index (χ2n) is 5.26. The second kappa shape index (κ2) is 6.38. The van der Waals surface area contributed by atoms with Gasteiger partial charge in [0.1, 0.15) is 0 Å². The van der Waals surface area contributed by atoms with Crippen molar-refractivity contribution in [3.05, 3.63) is 35.4 Å². The molecule has 1 heterocycles. The van der Waals surface area contributed by atoms with Gasteiger partial charge in [-0.2, -0.15) is 26.3 Å². The molecule has 1 fully saturated rings. The first kappa shape index (κ1) is 17.6. The average molecular weight is 340 g/mol. The smallest absolute Gasteiger partial charge is 0.336 e. The minimum absolute atomic E-state index is 0.0320. The summed E-state index contributed by atoms with van der Waals surface area (Å²) in [6, 6.07) is 4.01. The van der Waals surface area contributed by atoms with Crippen LogP contribution in [0.25, 0.3) is 0 Å². The molecule has 1 aliphatic rings. The molecule has 0 aliphatic carbocycles. The lowest BCUT2D eigenvalue weighted by atomic mass is 10.1. The predicted octanol–water partition coefficient (Wildman–Crippen LogP) is 3.03. The summed E-state index contributed by atoms with van der Waals surface area (Å²) < 4.78 is 74.8. The van der Waals surface area contributed by atoms with E-state index in [1.807, 2.05) is 0 Å². The molecule has 0 aromatic heterocycles. The molecule has 0 bridgehead atoms. The maximum Gasteiger partial charge on any atom is 0.416 e. The Morgan fingerprint density at radius 2 is 1.61 bits per heavy atom. The number of hydrogen-bond donors (Lipinski definition) is 0. The predicted molar refractivity (Wildman–Crippen MR) is 69.8 cm³/mol. The first-order valence-corrected chi connectivity index (χ1v) is 6.82. The lowest BCUT2D eigenvalue weighted by molar-refractivity contribution is -0.148. The van der Waals surface area contributed by atoms with Crippen molar-refractivity contribution in [2.24, 2.45) is 0 Å². The van der Waals surface area contributed by atoms with Crippen LogP contribution < -0.4 is 0 Å². The van der Waals surface area contributed by atoms with Crippen molar-refractivity contribution in [2.75, 3.05) is 32.7 Å². The van der Waals surface area contributed by atoms with Gasteiger partial charge in [0.2, 0.25) is 0 Å². The summed E-state index contributed by atoms with van der Waals surface area (Å²) in [6.07, 6.45) is -8.87. The van der Waals surface area contributed by atoms with E-state index in [1.165, 1.54) is 11.0 Å². The van der Waals surface area contributed by atoms with Crippen LogP contribution in [0.5, 0.6) is 0 Å². The topological polar surface area (TPSA) is 23.6 Å². The van der Waals surface area contributed by atoms with Crippen molar-refractivity contribution in [1.82, 2.24) is 9.80 Å². The highest BCUT2D eigenvalue weighted by Gasteiger charge is 2.34. The van der Waals surface area contributed by atoms with Crippen molar-refractivity contribution < 1.29 is 31.1 Å². The van der Waals surface area contributed by atoms with Crippen LogP contribution >= 0.6 is 0 Å². The average Bonchev–Trinajstić information content (AvgIpc) is 2.45. The van der Waals surface area contributed by atoms with E-state index < -0.39 is 30.4 Å². The van der Waals surface area contributed by atoms with Crippen molar-refractivity contribution in [2.45, 2.75) is 12.4 Å². The van der Waals surface area contributed by atoms with E-state index >= 15 is 0 Å². The first-order valence-electron chi connectivity index (χ1n) is 6.82. The van der Waals surface area contributed by atoms with Crippen LogP contribution in [-0.2, 0) is 6.18 Å². The molecule has 0 atom stereocenters. The summed E-state index contributed by atoms with van der Waals surface area (Å²) in [5.74, 6) is -0.609. The number of nitrogens with zero attached hydrogens (tertiary/aromatic N) is 2. The Bertz CT molecular complexity index is 561. The van der Waals surface area contributed by atoms with Gasteiger partial charge < -0.3 is 4.90 Å². The molecule has 1 aliphatic heterocycles. The molecular formula is C14H14F6N2O. The van der Waals surface area contributed by atoms with E-state index in [4.69, 9.17) is 0 Å². The molecule has 1 saturated heterocycles. The zero-order valence-corrected chi connectivity index (χ0v) is 11.9. The summed E-state index contributed by atoms with van der Waals surface area (Å²) in [4.78, 5) is 14.6. The number of rotatable bonds is 2. The molecular weight excluding hydrogens is 326 g/mol. The standard InChI is InChI=1S/C14H14F6N2O/c15-13(16,17)9-21-4-6-22(7-5-21)12(23)10-2-1-3-11(8-10)14(18,19)20/h1-3,8H,4-7,9H2. The normalized spacial score (nSPS) is 17.4. The third-order valence-corrected chi connectivity index (χ3v) is 3.50. The Labute approximate surface area is 128 Å². The number of carbonyl (C=O) groups is 1. The number of piperazine rings is 1. The molecule has 0 radical (unpaired) electrons. The van der Waals surface area contributed by atoms with Crippen molar-refractivity contribution in [3.8, 4) is 0 Å². The summed E-state index contributed by atoms with van der Waals surface area (Å²) in [5, 5.41) is 0. The van der Waals surface area contributed by atoms with Crippen molar-refractivity contribution >= 4 is 5.91 Å². The largest absolute Gasteiger partial charge is 0.416 e. The van der Waals surface area contributed by atoms with Gasteiger partial charge in [0, 0.05) is 31.7 Å². The summed E-state index contributed by atoms with van der Waals surface area (Å²) in [6.45, 7) is -0.899. The lowest BCUT2D eigenvalue weighted by Gasteiger charge is -2.35. The fourth-order valence-corrected chi connectivity index (χ4v) is 2.37. The van der Waals surface area contributed by atoms with Crippen LogP contribution in [0.2, 0.25) is 0 Å². The molecule has 1 aromatic carbocycles. The third kappa shape index (κ3) is 4.85. The minimum Gasteiger partial charge on any atom is -0.336 e. The fourth-order valence-electron chi connectivity index (χ4n) is 2.37. The SMILES string of the molecule is O=C(c1cccc(C(F)(F)F)c1)N1CCN(CC(F)(F)F)CC1. The van der Waals surface area contributed by atoms with E-state index in [0.29, 0.717) is 0 Å². The van der Waals surface area contributed by atoms with Crippen LogP contribution in [0.1, 0.15) is 15.9 Å². The number of carbonyl (C=O) groups excluding carboxylic acids is 1. The van der Waals surface area contributed by atoms with Crippen molar-refractivity contribution in [1.29, 1.82) is 0 Å². The van der Waals surface area contributed by atoms with Gasteiger partial charge in [-0.05, 0) is 18.2 Å². The van der Waals surface area contributed by atoms with Gasteiger partial charge in [-0.3, -0.25) is 9.69 Å². The fraction of sp³-hybridized carbons (Fsp3) is 0.500. The van der Waals surface area contributed by atoms with Gasteiger partial charge in [0.15, 0.2) is 0 Å².